The van der Waals surface area contributed by atoms with Crippen LogP contribution in [0.1, 0.15) is 39.5 Å². The van der Waals surface area contributed by atoms with Crippen LogP contribution < -0.4 is 0 Å². The third-order valence-corrected chi connectivity index (χ3v) is 5.85. The van der Waals surface area contributed by atoms with E-state index in [0.717, 1.165) is 25.7 Å². The summed E-state index contributed by atoms with van der Waals surface area (Å²) < 4.78 is 12.1. The molecule has 0 spiro atoms. The Morgan fingerprint density at radius 2 is 1.07 bits per heavy atom. The topological polar surface area (TPSA) is 18.5 Å². The fourth-order valence-corrected chi connectivity index (χ4v) is 5.17. The average Bonchev–Trinajstić information content (AvgIpc) is 3.22. The molecule has 2 nitrogen and oxygen atoms in total. The van der Waals surface area contributed by atoms with Crippen molar-refractivity contribution in [1.29, 1.82) is 0 Å². The molecule has 0 N–H and O–H groups in total. The molecular weight excluding hydrogens is 515 g/mol. The fraction of sp³-hybridized carbons (Fsp3) is 0.636. The van der Waals surface area contributed by atoms with Crippen molar-refractivity contribution in [2.75, 3.05) is 0 Å². The molecule has 2 aliphatic rings. The second-order valence-corrected chi connectivity index (χ2v) is 17.7. The van der Waals surface area contributed by atoms with E-state index >= 15 is 0 Å². The number of allylic oxidation sites excluding steroid dienone is 4. The van der Waals surface area contributed by atoms with Gasteiger partial charge in [-0.25, -0.2) is 12.2 Å². The molecule has 0 bridgehead atoms. The van der Waals surface area contributed by atoms with Gasteiger partial charge in [0, 0.05) is 12.2 Å². The predicted octanol–water partition coefficient (Wildman–Crippen LogP) is 7.45. The normalized spacial score (nSPS) is 17.0. The van der Waals surface area contributed by atoms with Crippen LogP contribution in [0.25, 0.3) is 0 Å². The maximum absolute atomic E-state index is 6.06. The zero-order valence-corrected chi connectivity index (χ0v) is 25.5. The summed E-state index contributed by atoms with van der Waals surface area (Å²) in [6.45, 7) is 17.7. The van der Waals surface area contributed by atoms with Gasteiger partial charge in [-0.3, -0.25) is 12.2 Å². The summed E-state index contributed by atoms with van der Waals surface area (Å²) in [6, 6.07) is 0. The third-order valence-electron chi connectivity index (χ3n) is 3.87. The molecule has 0 saturated heterocycles. The summed E-state index contributed by atoms with van der Waals surface area (Å²) in [7, 11) is -2.81. The maximum Gasteiger partial charge on any atom is 2.00 e. The van der Waals surface area contributed by atoms with Gasteiger partial charge in [0.05, 0.1) is 0 Å². The Hall–Kier alpha value is 0.777. The zero-order chi connectivity index (χ0) is 19.8. The van der Waals surface area contributed by atoms with E-state index in [9.17, 15) is 0 Å². The molecule has 0 heterocycles. The van der Waals surface area contributed by atoms with Crippen molar-refractivity contribution >= 4 is 41.4 Å². The quantitative estimate of drug-likeness (QED) is 0.229. The number of halogens is 2. The summed E-state index contributed by atoms with van der Waals surface area (Å²) in [4.78, 5) is 0. The van der Waals surface area contributed by atoms with Crippen LogP contribution in [0, 0.1) is 12.2 Å². The van der Waals surface area contributed by atoms with E-state index < -0.39 is 16.6 Å². The zero-order valence-electron chi connectivity index (χ0n) is 19.4. The van der Waals surface area contributed by atoms with Crippen LogP contribution in [-0.4, -0.2) is 28.8 Å². The number of rotatable bonds is 8. The molecule has 2 aliphatic carbocycles. The Morgan fingerprint density at radius 3 is 1.24 bits per heavy atom. The molecule has 0 radical (unpaired) electrons. The SMILES string of the molecule is CCC(O[Si](C)(C)C)C1=[C-]CC=C1.CCC(O[Si](C)(C)C)C1=[C-]CC=C1.Cl.Cl.[Zr+2]. The molecule has 2 unspecified atom stereocenters. The van der Waals surface area contributed by atoms with Crippen molar-refractivity contribution < 1.29 is 35.1 Å². The average molecular weight is 555 g/mol. The second kappa shape index (κ2) is 16.4. The molecule has 7 heteroatoms. The van der Waals surface area contributed by atoms with Crippen LogP contribution in [0.15, 0.2) is 35.5 Å². The van der Waals surface area contributed by atoms with Crippen LogP contribution in [0.4, 0.5) is 0 Å². The van der Waals surface area contributed by atoms with Crippen molar-refractivity contribution in [2.24, 2.45) is 0 Å². The Balaban J connectivity index is -0.000000422. The monoisotopic (exact) mass is 552 g/mol. The third kappa shape index (κ3) is 15.3. The summed E-state index contributed by atoms with van der Waals surface area (Å²) in [5.41, 5.74) is 2.51. The summed E-state index contributed by atoms with van der Waals surface area (Å²) in [6.07, 6.45) is 19.8. The van der Waals surface area contributed by atoms with Crippen LogP contribution in [0.5, 0.6) is 0 Å². The molecule has 0 fully saturated rings. The van der Waals surface area contributed by atoms with E-state index in [1.807, 2.05) is 0 Å². The summed E-state index contributed by atoms with van der Waals surface area (Å²) >= 11 is 0. The Bertz CT molecular complexity index is 512. The van der Waals surface area contributed by atoms with Gasteiger partial charge in [-0.15, -0.1) is 37.7 Å². The Labute approximate surface area is 213 Å². The van der Waals surface area contributed by atoms with E-state index in [2.05, 4.69) is 89.6 Å². The van der Waals surface area contributed by atoms with Crippen molar-refractivity contribution in [2.45, 2.75) is 91.0 Å². The second-order valence-electron chi connectivity index (χ2n) is 8.73. The largest absolute Gasteiger partial charge is 2.00 e. The van der Waals surface area contributed by atoms with Gasteiger partial charge < -0.3 is 8.85 Å². The fourth-order valence-electron chi connectivity index (χ4n) is 2.87. The molecule has 2 atom stereocenters. The molecule has 0 aromatic heterocycles. The molecule has 0 aromatic carbocycles. The number of hydrogen-bond acceptors (Lipinski definition) is 2. The van der Waals surface area contributed by atoms with Crippen molar-refractivity contribution in [1.82, 2.24) is 0 Å². The summed E-state index contributed by atoms with van der Waals surface area (Å²) in [5, 5.41) is 0. The van der Waals surface area contributed by atoms with Gasteiger partial charge >= 0.3 is 26.2 Å². The van der Waals surface area contributed by atoms with Crippen LogP contribution in [0.3, 0.4) is 0 Å². The molecule has 166 valence electrons. The molecule has 2 rings (SSSR count). The Kier molecular flexibility index (Phi) is 19.5. The standard InChI is InChI=1S/2C11H19OSi.2ClH.Zr/c2*1-5-11(12-13(2,3)4)10-8-6-7-9-10;;;/h2*6,8,11H,5,7H2,1-4H3;2*1H;/q2*-1;;;+2. The molecule has 0 aromatic rings. The van der Waals surface area contributed by atoms with Gasteiger partial charge in [0.2, 0.25) is 0 Å². The van der Waals surface area contributed by atoms with Gasteiger partial charge in [-0.1, -0.05) is 13.8 Å². The number of hydrogen-bond donors (Lipinski definition) is 0. The first-order valence-corrected chi connectivity index (χ1v) is 16.8. The van der Waals surface area contributed by atoms with Crippen molar-refractivity contribution in [3.63, 3.8) is 0 Å². The van der Waals surface area contributed by atoms with Gasteiger partial charge in [-0.05, 0) is 52.1 Å². The van der Waals surface area contributed by atoms with Crippen LogP contribution >= 0.6 is 24.8 Å². The van der Waals surface area contributed by atoms with Gasteiger partial charge in [0.15, 0.2) is 16.6 Å². The van der Waals surface area contributed by atoms with Crippen LogP contribution in [-0.2, 0) is 35.1 Å². The molecule has 29 heavy (non-hydrogen) atoms. The first-order chi connectivity index (χ1) is 12.1. The van der Waals surface area contributed by atoms with E-state index in [1.54, 1.807) is 0 Å². The molecule has 0 aliphatic heterocycles. The minimum Gasteiger partial charge on any atom is -0.414 e. The molecular formula is C22H40Cl2O2Si2Zr. The van der Waals surface area contributed by atoms with E-state index in [-0.39, 0.29) is 63.2 Å². The minimum absolute atomic E-state index is 0. The van der Waals surface area contributed by atoms with Gasteiger partial charge in [0.25, 0.3) is 0 Å². The molecule has 0 amide bonds. The van der Waals surface area contributed by atoms with Gasteiger partial charge in [0.1, 0.15) is 0 Å². The van der Waals surface area contributed by atoms with E-state index in [0.29, 0.717) is 0 Å². The van der Waals surface area contributed by atoms with E-state index in [1.165, 1.54) is 11.1 Å². The Morgan fingerprint density at radius 1 is 0.759 bits per heavy atom. The predicted molar refractivity (Wildman–Crippen MR) is 133 cm³/mol. The first-order valence-electron chi connectivity index (χ1n) is 9.96. The van der Waals surface area contributed by atoms with Crippen molar-refractivity contribution in [3.05, 3.63) is 47.6 Å². The maximum atomic E-state index is 6.06. The van der Waals surface area contributed by atoms with E-state index in [4.69, 9.17) is 8.85 Å². The summed E-state index contributed by atoms with van der Waals surface area (Å²) in [5.74, 6) is 0. The minimum atomic E-state index is -1.40. The first kappa shape index (κ1) is 34.4. The van der Waals surface area contributed by atoms with Crippen molar-refractivity contribution in [3.8, 4) is 0 Å². The smallest absolute Gasteiger partial charge is 0.414 e. The van der Waals surface area contributed by atoms with Gasteiger partial charge in [-0.2, -0.15) is 23.3 Å². The molecule has 0 saturated carbocycles. The van der Waals surface area contributed by atoms with Crippen LogP contribution in [0.2, 0.25) is 39.3 Å².